The van der Waals surface area contributed by atoms with E-state index in [1.54, 1.807) is 18.2 Å². The van der Waals surface area contributed by atoms with Gasteiger partial charge in [0, 0.05) is 30.4 Å². The minimum Gasteiger partial charge on any atom is -0.326 e. The van der Waals surface area contributed by atoms with Crippen LogP contribution in [-0.2, 0) is 21.2 Å². The van der Waals surface area contributed by atoms with Crippen LogP contribution in [0.15, 0.2) is 64.3 Å². The summed E-state index contributed by atoms with van der Waals surface area (Å²) < 4.78 is 27.9. The molecule has 0 radical (unpaired) electrons. The summed E-state index contributed by atoms with van der Waals surface area (Å²) in [4.78, 5) is 27.2. The third kappa shape index (κ3) is 4.40. The summed E-state index contributed by atoms with van der Waals surface area (Å²) in [5.74, 6) is -0.567. The Balaban J connectivity index is 1.54. The average Bonchev–Trinajstić information content (AvgIpc) is 2.79. The molecule has 1 aliphatic heterocycles. The van der Waals surface area contributed by atoms with Gasteiger partial charge in [-0.1, -0.05) is 25.1 Å². The van der Waals surface area contributed by atoms with Crippen LogP contribution in [-0.4, -0.2) is 36.7 Å². The second-order valence-electron chi connectivity index (χ2n) is 7.77. The molecule has 1 fully saturated rings. The Bertz CT molecular complexity index is 1280. The molecule has 31 heavy (non-hydrogen) atoms. The van der Waals surface area contributed by atoms with E-state index in [1.807, 2.05) is 31.2 Å². The van der Waals surface area contributed by atoms with Crippen molar-refractivity contribution in [2.24, 2.45) is 5.92 Å². The van der Waals surface area contributed by atoms with Crippen LogP contribution >= 0.6 is 0 Å². The highest BCUT2D eigenvalue weighted by atomic mass is 32.2. The number of hydrogen-bond donors (Lipinski definition) is 2. The predicted octanol–water partition coefficient (Wildman–Crippen LogP) is 3.13. The number of nitrogens with zero attached hydrogens (tertiary/aromatic N) is 1. The number of aryl methyl sites for hydroxylation is 1. The van der Waals surface area contributed by atoms with Crippen molar-refractivity contribution >= 4 is 32.5 Å². The normalized spacial score (nSPS) is 17.5. The Kier molecular flexibility index (Phi) is 5.93. The number of rotatable bonds is 5. The SMILES string of the molecule is CCc1ccccc1NC(=O)[C@@H]1CCCN(S(=O)(=O)c2ccc3[nH]c(=O)ccc3c2)C1. The number of fused-ring (bicyclic) bond motifs is 1. The number of carbonyl (C=O) groups is 1. The van der Waals surface area contributed by atoms with E-state index >= 15 is 0 Å². The highest BCUT2D eigenvalue weighted by molar-refractivity contribution is 7.89. The van der Waals surface area contributed by atoms with Gasteiger partial charge in [-0.2, -0.15) is 4.31 Å². The standard InChI is InChI=1S/C23H25N3O4S/c1-2-16-6-3-4-8-20(16)25-23(28)18-7-5-13-26(15-18)31(29,30)19-10-11-21-17(14-19)9-12-22(27)24-21/h3-4,6,8-12,14,18H,2,5,7,13,15H2,1H3,(H,24,27)(H,25,28)/t18-/m1/s1. The number of sulfonamides is 1. The number of amides is 1. The molecule has 0 unspecified atom stereocenters. The van der Waals surface area contributed by atoms with Gasteiger partial charge in [0.25, 0.3) is 0 Å². The zero-order valence-electron chi connectivity index (χ0n) is 17.3. The molecule has 2 N–H and O–H groups in total. The average molecular weight is 440 g/mol. The summed E-state index contributed by atoms with van der Waals surface area (Å²) >= 11 is 0. The Morgan fingerprint density at radius 1 is 1.16 bits per heavy atom. The number of anilines is 1. The quantitative estimate of drug-likeness (QED) is 0.638. The first-order valence-corrected chi connectivity index (χ1v) is 11.8. The third-order valence-corrected chi connectivity index (χ3v) is 7.61. The number of hydrogen-bond acceptors (Lipinski definition) is 4. The Morgan fingerprint density at radius 2 is 1.97 bits per heavy atom. The van der Waals surface area contributed by atoms with Crippen molar-refractivity contribution < 1.29 is 13.2 Å². The molecule has 7 nitrogen and oxygen atoms in total. The van der Waals surface area contributed by atoms with Crippen LogP contribution in [0.4, 0.5) is 5.69 Å². The molecular weight excluding hydrogens is 414 g/mol. The molecule has 0 aliphatic carbocycles. The van der Waals surface area contributed by atoms with Crippen LogP contribution < -0.4 is 10.9 Å². The van der Waals surface area contributed by atoms with E-state index in [9.17, 15) is 18.0 Å². The first kappa shape index (κ1) is 21.3. The lowest BCUT2D eigenvalue weighted by Gasteiger charge is -2.31. The van der Waals surface area contributed by atoms with Crippen LogP contribution in [0.2, 0.25) is 0 Å². The topological polar surface area (TPSA) is 99.3 Å². The van der Waals surface area contributed by atoms with Gasteiger partial charge in [-0.15, -0.1) is 0 Å². The Hall–Kier alpha value is -2.97. The van der Waals surface area contributed by atoms with Crippen molar-refractivity contribution in [1.29, 1.82) is 0 Å². The van der Waals surface area contributed by atoms with Crippen LogP contribution in [0.1, 0.15) is 25.3 Å². The summed E-state index contributed by atoms with van der Waals surface area (Å²) in [6.45, 7) is 2.55. The fourth-order valence-electron chi connectivity index (χ4n) is 4.00. The molecule has 3 aromatic rings. The third-order valence-electron chi connectivity index (χ3n) is 5.74. The molecule has 162 valence electrons. The fourth-order valence-corrected chi connectivity index (χ4v) is 5.56. The summed E-state index contributed by atoms with van der Waals surface area (Å²) in [6, 6.07) is 15.3. The van der Waals surface area contributed by atoms with Gasteiger partial charge in [0.1, 0.15) is 0 Å². The second-order valence-corrected chi connectivity index (χ2v) is 9.71. The fraction of sp³-hybridized carbons (Fsp3) is 0.304. The van der Waals surface area contributed by atoms with E-state index in [4.69, 9.17) is 0 Å². The highest BCUT2D eigenvalue weighted by Crippen LogP contribution is 2.27. The van der Waals surface area contributed by atoms with Crippen LogP contribution in [0.5, 0.6) is 0 Å². The van der Waals surface area contributed by atoms with Gasteiger partial charge < -0.3 is 10.3 Å². The van der Waals surface area contributed by atoms with Crippen LogP contribution in [0, 0.1) is 5.92 Å². The second kappa shape index (κ2) is 8.64. The van der Waals surface area contributed by atoms with Gasteiger partial charge in [-0.05, 0) is 60.5 Å². The molecule has 4 rings (SSSR count). The number of carbonyl (C=O) groups excluding carboxylic acids is 1. The smallest absolute Gasteiger partial charge is 0.248 e. The number of aromatic nitrogens is 1. The Morgan fingerprint density at radius 3 is 2.77 bits per heavy atom. The number of para-hydroxylation sites is 1. The maximum Gasteiger partial charge on any atom is 0.248 e. The zero-order chi connectivity index (χ0) is 22.0. The van der Waals surface area contributed by atoms with E-state index < -0.39 is 15.9 Å². The zero-order valence-corrected chi connectivity index (χ0v) is 18.1. The van der Waals surface area contributed by atoms with Crippen molar-refractivity contribution in [3.8, 4) is 0 Å². The van der Waals surface area contributed by atoms with Gasteiger partial charge in [0.05, 0.1) is 10.8 Å². The largest absolute Gasteiger partial charge is 0.326 e. The minimum absolute atomic E-state index is 0.145. The first-order chi connectivity index (χ1) is 14.9. The van der Waals surface area contributed by atoms with Crippen molar-refractivity contribution in [2.45, 2.75) is 31.1 Å². The van der Waals surface area contributed by atoms with E-state index in [-0.39, 0.29) is 22.9 Å². The first-order valence-electron chi connectivity index (χ1n) is 10.4. The molecule has 0 saturated carbocycles. The van der Waals surface area contributed by atoms with Gasteiger partial charge in [0.2, 0.25) is 21.5 Å². The lowest BCUT2D eigenvalue weighted by Crippen LogP contribution is -2.43. The van der Waals surface area contributed by atoms with Gasteiger partial charge in [-0.3, -0.25) is 9.59 Å². The number of nitrogens with one attached hydrogen (secondary N) is 2. The number of H-pyrrole nitrogens is 1. The minimum atomic E-state index is -3.75. The monoisotopic (exact) mass is 439 g/mol. The van der Waals surface area contributed by atoms with Crippen molar-refractivity contribution in [1.82, 2.24) is 9.29 Å². The van der Waals surface area contributed by atoms with Crippen molar-refractivity contribution in [3.63, 3.8) is 0 Å². The molecule has 1 aromatic heterocycles. The maximum absolute atomic E-state index is 13.2. The van der Waals surface area contributed by atoms with Crippen molar-refractivity contribution in [2.75, 3.05) is 18.4 Å². The lowest BCUT2D eigenvalue weighted by atomic mass is 9.98. The van der Waals surface area contributed by atoms with Crippen LogP contribution in [0.25, 0.3) is 10.9 Å². The van der Waals surface area contributed by atoms with Gasteiger partial charge in [-0.25, -0.2) is 8.42 Å². The lowest BCUT2D eigenvalue weighted by molar-refractivity contribution is -0.120. The molecule has 1 saturated heterocycles. The molecule has 8 heteroatoms. The molecule has 1 aliphatic rings. The van der Waals surface area contributed by atoms with E-state index in [0.717, 1.165) is 17.7 Å². The molecular formula is C23H25N3O4S. The highest BCUT2D eigenvalue weighted by Gasteiger charge is 2.33. The van der Waals surface area contributed by atoms with Gasteiger partial charge in [0.15, 0.2) is 0 Å². The molecule has 0 spiro atoms. The van der Waals surface area contributed by atoms with Crippen molar-refractivity contribution in [3.05, 3.63) is 70.5 Å². The molecule has 2 aromatic carbocycles. The number of benzene rings is 2. The number of piperidine rings is 1. The molecule has 0 bridgehead atoms. The summed E-state index contributed by atoms with van der Waals surface area (Å²) in [5, 5.41) is 3.62. The summed E-state index contributed by atoms with van der Waals surface area (Å²) in [6.07, 6.45) is 2.06. The van der Waals surface area contributed by atoms with E-state index in [0.29, 0.717) is 30.3 Å². The number of aromatic amines is 1. The molecule has 1 atom stereocenters. The Labute approximate surface area is 181 Å². The maximum atomic E-state index is 13.2. The number of pyridine rings is 1. The predicted molar refractivity (Wildman–Crippen MR) is 121 cm³/mol. The summed E-state index contributed by atoms with van der Waals surface area (Å²) in [5.41, 5.74) is 2.17. The van der Waals surface area contributed by atoms with Crippen LogP contribution in [0.3, 0.4) is 0 Å². The van der Waals surface area contributed by atoms with E-state index in [2.05, 4.69) is 10.3 Å². The molecule has 1 amide bonds. The van der Waals surface area contributed by atoms with E-state index in [1.165, 1.54) is 16.4 Å². The van der Waals surface area contributed by atoms with Gasteiger partial charge >= 0.3 is 0 Å². The molecule has 2 heterocycles. The summed E-state index contributed by atoms with van der Waals surface area (Å²) in [7, 11) is -3.75.